The van der Waals surface area contributed by atoms with Gasteiger partial charge in [-0.05, 0) is 19.8 Å². The molecule has 0 saturated carbocycles. The van der Waals surface area contributed by atoms with E-state index in [0.717, 1.165) is 0 Å². The topological polar surface area (TPSA) is 107 Å². The van der Waals surface area contributed by atoms with Crippen molar-refractivity contribution in [2.45, 2.75) is 25.0 Å². The summed E-state index contributed by atoms with van der Waals surface area (Å²) in [7, 11) is -1.42. The first kappa shape index (κ1) is 13.9. The lowest BCUT2D eigenvalue weighted by Gasteiger charge is -2.11. The molecule has 3 N–H and O–H groups in total. The van der Waals surface area contributed by atoms with Gasteiger partial charge in [0, 0.05) is 13.6 Å². The van der Waals surface area contributed by atoms with E-state index >= 15 is 0 Å². The third kappa shape index (κ3) is 2.58. The van der Waals surface area contributed by atoms with Crippen LogP contribution in [0.1, 0.15) is 29.0 Å². The van der Waals surface area contributed by atoms with Gasteiger partial charge >= 0.3 is 0 Å². The number of anilines is 1. The van der Waals surface area contributed by atoms with Gasteiger partial charge in [-0.3, -0.25) is 9.48 Å². The number of carbonyl (C=O) groups excluding carboxylic acids is 1. The Labute approximate surface area is 112 Å². The molecule has 0 spiro atoms. The number of nitrogens with one attached hydrogen (secondary N) is 1. The second-order valence-corrected chi connectivity index (χ2v) is 7.21. The maximum Gasteiger partial charge on any atom is 0.271 e. The van der Waals surface area contributed by atoms with Gasteiger partial charge in [-0.1, -0.05) is 0 Å². The Kier molecular flexibility index (Phi) is 3.53. The van der Waals surface area contributed by atoms with E-state index in [1.807, 2.05) is 0 Å². The van der Waals surface area contributed by atoms with Crippen molar-refractivity contribution in [1.29, 1.82) is 0 Å². The number of sulfone groups is 1. The lowest BCUT2D eigenvalue weighted by Crippen LogP contribution is -2.35. The zero-order chi connectivity index (χ0) is 14.2. The largest absolute Gasteiger partial charge is 0.395 e. The molecule has 1 aromatic rings. The van der Waals surface area contributed by atoms with Crippen LogP contribution in [-0.2, 0) is 16.9 Å². The highest BCUT2D eigenvalue weighted by Gasteiger charge is 2.31. The molecule has 19 heavy (non-hydrogen) atoms. The van der Waals surface area contributed by atoms with Crippen LogP contribution in [0.3, 0.4) is 0 Å². The monoisotopic (exact) mass is 286 g/mol. The summed E-state index contributed by atoms with van der Waals surface area (Å²) in [6, 6.07) is 0. The van der Waals surface area contributed by atoms with Crippen molar-refractivity contribution >= 4 is 21.4 Å². The smallest absolute Gasteiger partial charge is 0.271 e. The molecule has 2 rings (SSSR count). The number of nitrogens with zero attached hydrogens (tertiary/aromatic N) is 2. The highest BCUT2D eigenvalue weighted by molar-refractivity contribution is 7.92. The van der Waals surface area contributed by atoms with E-state index in [1.54, 1.807) is 14.0 Å². The van der Waals surface area contributed by atoms with Crippen LogP contribution in [-0.4, -0.2) is 41.7 Å². The molecule has 8 heteroatoms. The second kappa shape index (κ2) is 4.84. The zero-order valence-electron chi connectivity index (χ0n) is 11.0. The lowest BCUT2D eigenvalue weighted by molar-refractivity contribution is 0.0945. The molecule has 7 nitrogen and oxygen atoms in total. The molecule has 106 valence electrons. The molecule has 1 unspecified atom stereocenters. The first-order valence-corrected chi connectivity index (χ1v) is 7.83. The molecular formula is C11H18N4O3S. The average molecular weight is 286 g/mol. The van der Waals surface area contributed by atoms with E-state index in [2.05, 4.69) is 10.4 Å². The van der Waals surface area contributed by atoms with Crippen LogP contribution >= 0.6 is 0 Å². The molecule has 2 heterocycles. The molecule has 1 aromatic heterocycles. The van der Waals surface area contributed by atoms with Gasteiger partial charge in [0.2, 0.25) is 0 Å². The third-order valence-electron chi connectivity index (χ3n) is 3.44. The van der Waals surface area contributed by atoms with Gasteiger partial charge in [-0.2, -0.15) is 5.10 Å². The number of nitrogens with two attached hydrogens (primary N) is 1. The Bertz CT molecular complexity index is 606. The molecule has 0 radical (unpaired) electrons. The third-order valence-corrected chi connectivity index (χ3v) is 5.71. The quantitative estimate of drug-likeness (QED) is 0.787. The summed E-state index contributed by atoms with van der Waals surface area (Å²) in [6.07, 6.45) is 1.26. The minimum Gasteiger partial charge on any atom is -0.395 e. The minimum absolute atomic E-state index is 0.130. The van der Waals surface area contributed by atoms with Gasteiger partial charge in [0.25, 0.3) is 5.91 Å². The zero-order valence-corrected chi connectivity index (χ0v) is 11.8. The number of amides is 1. The predicted molar refractivity (Wildman–Crippen MR) is 71.5 cm³/mol. The minimum atomic E-state index is -3.05. The number of rotatable bonds is 3. The molecule has 1 aliphatic heterocycles. The number of carbonyl (C=O) groups is 1. The highest BCUT2D eigenvalue weighted by Crippen LogP contribution is 2.20. The summed E-state index contributed by atoms with van der Waals surface area (Å²) >= 11 is 0. The van der Waals surface area contributed by atoms with Crippen molar-refractivity contribution in [2.75, 3.05) is 18.0 Å². The van der Waals surface area contributed by atoms with Crippen molar-refractivity contribution in [3.05, 3.63) is 11.4 Å². The molecule has 0 bridgehead atoms. The maximum absolute atomic E-state index is 12.0. The molecule has 0 aromatic carbocycles. The average Bonchev–Trinajstić information content (AvgIpc) is 2.77. The van der Waals surface area contributed by atoms with Crippen molar-refractivity contribution in [3.63, 3.8) is 0 Å². The van der Waals surface area contributed by atoms with E-state index in [0.29, 0.717) is 24.2 Å². The van der Waals surface area contributed by atoms with Crippen LogP contribution in [0, 0.1) is 6.92 Å². The van der Waals surface area contributed by atoms with Gasteiger partial charge in [0.05, 0.1) is 22.4 Å². The molecule has 1 amide bonds. The van der Waals surface area contributed by atoms with Crippen LogP contribution in [0.5, 0.6) is 0 Å². The fourth-order valence-corrected chi connectivity index (χ4v) is 4.09. The number of aryl methyl sites for hydroxylation is 2. The van der Waals surface area contributed by atoms with Crippen molar-refractivity contribution in [1.82, 2.24) is 15.1 Å². The summed E-state index contributed by atoms with van der Waals surface area (Å²) in [5.41, 5.74) is 6.96. The highest BCUT2D eigenvalue weighted by atomic mass is 32.2. The van der Waals surface area contributed by atoms with Crippen LogP contribution in [0.25, 0.3) is 0 Å². The molecule has 1 fully saturated rings. The molecule has 1 atom stereocenters. The SMILES string of the molecule is Cc1nn(C)c(C(=O)NCC2CCCS2(=O)=O)c1N. The van der Waals surface area contributed by atoms with Crippen molar-refractivity contribution < 1.29 is 13.2 Å². The number of hydrogen-bond acceptors (Lipinski definition) is 5. The molecule has 1 aliphatic rings. The number of aromatic nitrogens is 2. The van der Waals surface area contributed by atoms with Crippen LogP contribution in [0.4, 0.5) is 5.69 Å². The van der Waals surface area contributed by atoms with Crippen LogP contribution in [0.15, 0.2) is 0 Å². The Morgan fingerprint density at radius 1 is 1.58 bits per heavy atom. The summed E-state index contributed by atoms with van der Waals surface area (Å²) in [5, 5.41) is 6.21. The van der Waals surface area contributed by atoms with Gasteiger partial charge in [-0.25, -0.2) is 8.42 Å². The van der Waals surface area contributed by atoms with Gasteiger partial charge in [-0.15, -0.1) is 0 Å². The van der Waals surface area contributed by atoms with E-state index in [-0.39, 0.29) is 23.9 Å². The van der Waals surface area contributed by atoms with E-state index in [1.165, 1.54) is 4.68 Å². The van der Waals surface area contributed by atoms with Crippen LogP contribution < -0.4 is 11.1 Å². The summed E-state index contributed by atoms with van der Waals surface area (Å²) in [6.45, 7) is 1.85. The Balaban J connectivity index is 2.06. The van der Waals surface area contributed by atoms with E-state index in [4.69, 9.17) is 5.73 Å². The fourth-order valence-electron chi connectivity index (χ4n) is 2.32. The molecule has 1 saturated heterocycles. The Morgan fingerprint density at radius 3 is 2.74 bits per heavy atom. The first-order chi connectivity index (χ1) is 8.83. The fraction of sp³-hybridized carbons (Fsp3) is 0.636. The van der Waals surface area contributed by atoms with E-state index < -0.39 is 15.1 Å². The van der Waals surface area contributed by atoms with Gasteiger partial charge in [0.15, 0.2) is 9.84 Å². The Morgan fingerprint density at radius 2 is 2.26 bits per heavy atom. The first-order valence-electron chi connectivity index (χ1n) is 6.11. The van der Waals surface area contributed by atoms with Gasteiger partial charge in [0.1, 0.15) is 5.69 Å². The van der Waals surface area contributed by atoms with Crippen LogP contribution in [0.2, 0.25) is 0 Å². The van der Waals surface area contributed by atoms with E-state index in [9.17, 15) is 13.2 Å². The number of nitrogen functional groups attached to an aromatic ring is 1. The summed E-state index contributed by atoms with van der Waals surface area (Å²) < 4.78 is 24.7. The molecule has 0 aliphatic carbocycles. The van der Waals surface area contributed by atoms with Crippen molar-refractivity contribution in [2.24, 2.45) is 7.05 Å². The van der Waals surface area contributed by atoms with Gasteiger partial charge < -0.3 is 11.1 Å². The normalized spacial score (nSPS) is 21.5. The second-order valence-electron chi connectivity index (χ2n) is 4.81. The summed E-state index contributed by atoms with van der Waals surface area (Å²) in [5.74, 6) is -0.178. The maximum atomic E-state index is 12.0. The standard InChI is InChI=1S/C11H18N4O3S/c1-7-9(12)10(15(2)14-7)11(16)13-6-8-4-3-5-19(8,17)18/h8H,3-6,12H2,1-2H3,(H,13,16). The summed E-state index contributed by atoms with van der Waals surface area (Å²) in [4.78, 5) is 12.0. The molecular weight excluding hydrogens is 268 g/mol. The predicted octanol–water partition coefficient (Wildman–Crippen LogP) is -0.382. The number of hydrogen-bond donors (Lipinski definition) is 2. The lowest BCUT2D eigenvalue weighted by atomic mass is 10.2. The van der Waals surface area contributed by atoms with Crippen molar-refractivity contribution in [3.8, 4) is 0 Å². The Hall–Kier alpha value is -1.57.